The highest BCUT2D eigenvalue weighted by Crippen LogP contribution is 2.40. The zero-order valence-corrected chi connectivity index (χ0v) is 16.2. The van der Waals surface area contributed by atoms with E-state index < -0.39 is 23.9 Å². The SMILES string of the molecule is CCC(O)(c1cn(Cc2ccc3cc(C(=O)NC(C)C)cn3c2)nn1)C(F)(F)F. The average Bonchev–Trinajstić information content (AvgIpc) is 3.26. The lowest BCUT2D eigenvalue weighted by Crippen LogP contribution is -2.42. The van der Waals surface area contributed by atoms with Crippen molar-refractivity contribution >= 4 is 11.4 Å². The number of halogens is 3. The Hall–Kier alpha value is -2.88. The third-order valence-electron chi connectivity index (χ3n) is 4.62. The lowest BCUT2D eigenvalue weighted by Gasteiger charge is -2.26. The fourth-order valence-corrected chi connectivity index (χ4v) is 3.00. The maximum Gasteiger partial charge on any atom is 0.423 e. The summed E-state index contributed by atoms with van der Waals surface area (Å²) in [7, 11) is 0. The Morgan fingerprint density at radius 2 is 1.97 bits per heavy atom. The van der Waals surface area contributed by atoms with Crippen LogP contribution in [0.2, 0.25) is 0 Å². The molecule has 2 N–H and O–H groups in total. The molecule has 156 valence electrons. The molecule has 0 aliphatic rings. The van der Waals surface area contributed by atoms with Gasteiger partial charge >= 0.3 is 6.18 Å². The third-order valence-corrected chi connectivity index (χ3v) is 4.62. The molecule has 0 fully saturated rings. The Morgan fingerprint density at radius 3 is 2.59 bits per heavy atom. The first-order chi connectivity index (χ1) is 13.5. The Morgan fingerprint density at radius 1 is 1.24 bits per heavy atom. The monoisotopic (exact) mass is 409 g/mol. The number of carbonyl (C=O) groups excluding carboxylic acids is 1. The molecule has 29 heavy (non-hydrogen) atoms. The molecule has 3 aromatic heterocycles. The van der Waals surface area contributed by atoms with Crippen LogP contribution < -0.4 is 5.32 Å². The van der Waals surface area contributed by atoms with Crippen LogP contribution in [0.15, 0.2) is 36.8 Å². The van der Waals surface area contributed by atoms with Crippen LogP contribution in [0.25, 0.3) is 5.52 Å². The number of amides is 1. The maximum atomic E-state index is 13.2. The number of alkyl halides is 3. The lowest BCUT2D eigenvalue weighted by atomic mass is 9.96. The highest BCUT2D eigenvalue weighted by Gasteiger charge is 2.55. The van der Waals surface area contributed by atoms with Gasteiger partial charge in [-0.1, -0.05) is 18.2 Å². The molecule has 0 aromatic carbocycles. The number of aliphatic hydroxyl groups is 1. The van der Waals surface area contributed by atoms with Crippen LogP contribution in [-0.2, 0) is 12.1 Å². The van der Waals surface area contributed by atoms with Crippen molar-refractivity contribution in [3.05, 3.63) is 53.6 Å². The second-order valence-corrected chi connectivity index (χ2v) is 7.24. The van der Waals surface area contributed by atoms with Gasteiger partial charge in [-0.3, -0.25) is 4.79 Å². The van der Waals surface area contributed by atoms with Gasteiger partial charge in [-0.2, -0.15) is 13.2 Å². The van der Waals surface area contributed by atoms with Gasteiger partial charge in [0.1, 0.15) is 5.69 Å². The Labute approximate surface area is 165 Å². The fraction of sp³-hybridized carbons (Fsp3) is 0.421. The van der Waals surface area contributed by atoms with Crippen molar-refractivity contribution in [2.45, 2.75) is 51.6 Å². The van der Waals surface area contributed by atoms with Gasteiger partial charge in [0.15, 0.2) is 0 Å². The van der Waals surface area contributed by atoms with Crippen LogP contribution in [0.3, 0.4) is 0 Å². The molecule has 0 bridgehead atoms. The minimum absolute atomic E-state index is 0.0149. The molecule has 1 atom stereocenters. The summed E-state index contributed by atoms with van der Waals surface area (Å²) in [5.74, 6) is -0.183. The van der Waals surface area contributed by atoms with Crippen molar-refractivity contribution in [2.24, 2.45) is 0 Å². The van der Waals surface area contributed by atoms with Gasteiger partial charge in [0, 0.05) is 24.0 Å². The number of fused-ring (bicyclic) bond motifs is 1. The van der Waals surface area contributed by atoms with E-state index in [1.807, 2.05) is 13.8 Å². The van der Waals surface area contributed by atoms with Crippen molar-refractivity contribution < 1.29 is 23.1 Å². The van der Waals surface area contributed by atoms with E-state index in [2.05, 4.69) is 15.6 Å². The summed E-state index contributed by atoms with van der Waals surface area (Å²) in [6, 6.07) is 5.36. The Kier molecular flexibility index (Phi) is 5.40. The molecule has 0 saturated carbocycles. The summed E-state index contributed by atoms with van der Waals surface area (Å²) in [6.45, 7) is 5.14. The number of aromatic nitrogens is 4. The average molecular weight is 409 g/mol. The van der Waals surface area contributed by atoms with Crippen LogP contribution in [0.5, 0.6) is 0 Å². The summed E-state index contributed by atoms with van der Waals surface area (Å²) in [5.41, 5.74) is -1.51. The summed E-state index contributed by atoms with van der Waals surface area (Å²) in [5, 5.41) is 20.0. The number of nitrogens with one attached hydrogen (secondary N) is 1. The number of nitrogens with zero attached hydrogens (tertiary/aromatic N) is 4. The zero-order chi connectivity index (χ0) is 21.4. The van der Waals surface area contributed by atoms with Gasteiger partial charge in [-0.25, -0.2) is 4.68 Å². The molecule has 0 spiro atoms. The Bertz CT molecular complexity index is 1020. The second-order valence-electron chi connectivity index (χ2n) is 7.24. The van der Waals surface area contributed by atoms with Gasteiger partial charge in [0.05, 0.1) is 18.3 Å². The minimum Gasteiger partial charge on any atom is -0.375 e. The third kappa shape index (κ3) is 4.12. The molecule has 1 amide bonds. The molecule has 3 heterocycles. The first-order valence-corrected chi connectivity index (χ1v) is 9.14. The second kappa shape index (κ2) is 7.51. The molecule has 3 aromatic rings. The first-order valence-electron chi connectivity index (χ1n) is 9.14. The summed E-state index contributed by atoms with van der Waals surface area (Å²) >= 11 is 0. The first kappa shape index (κ1) is 20.8. The quantitative estimate of drug-likeness (QED) is 0.656. The van der Waals surface area contributed by atoms with E-state index in [0.29, 0.717) is 5.56 Å². The summed E-state index contributed by atoms with van der Waals surface area (Å²) < 4.78 is 42.6. The van der Waals surface area contributed by atoms with Crippen LogP contribution in [0.4, 0.5) is 13.2 Å². The molecule has 1 unspecified atom stereocenters. The van der Waals surface area contributed by atoms with Crippen LogP contribution >= 0.6 is 0 Å². The van der Waals surface area contributed by atoms with E-state index in [9.17, 15) is 23.1 Å². The summed E-state index contributed by atoms with van der Waals surface area (Å²) in [4.78, 5) is 12.1. The van der Waals surface area contributed by atoms with Crippen molar-refractivity contribution in [3.8, 4) is 0 Å². The van der Waals surface area contributed by atoms with Crippen LogP contribution in [0, 0.1) is 0 Å². The smallest absolute Gasteiger partial charge is 0.375 e. The van der Waals surface area contributed by atoms with E-state index in [1.165, 1.54) is 11.6 Å². The van der Waals surface area contributed by atoms with Crippen molar-refractivity contribution in [3.63, 3.8) is 0 Å². The van der Waals surface area contributed by atoms with Gasteiger partial charge in [-0.15, -0.1) is 5.10 Å². The van der Waals surface area contributed by atoms with Gasteiger partial charge in [0.25, 0.3) is 5.91 Å². The fourth-order valence-electron chi connectivity index (χ4n) is 3.00. The standard InChI is InChI=1S/C19H22F3N5O2/c1-4-18(29,19(20,21)22)16-11-27(25-24-16)9-13-5-6-15-7-14(10-26(15)8-13)17(28)23-12(2)3/h5-8,10-12,29H,4,9H2,1-3H3,(H,23,28). The van der Waals surface area contributed by atoms with Crippen molar-refractivity contribution in [1.29, 1.82) is 0 Å². The van der Waals surface area contributed by atoms with Crippen LogP contribution in [-0.4, -0.2) is 42.6 Å². The van der Waals surface area contributed by atoms with Crippen molar-refractivity contribution in [1.82, 2.24) is 24.7 Å². The molecular weight excluding hydrogens is 387 g/mol. The largest absolute Gasteiger partial charge is 0.423 e. The topological polar surface area (TPSA) is 84.5 Å². The molecule has 3 rings (SSSR count). The van der Waals surface area contributed by atoms with Gasteiger partial charge in [-0.05, 0) is 38.0 Å². The van der Waals surface area contributed by atoms with E-state index in [4.69, 9.17) is 0 Å². The molecule has 7 nitrogen and oxygen atoms in total. The summed E-state index contributed by atoms with van der Waals surface area (Å²) in [6.07, 6.45) is -0.870. The predicted octanol–water partition coefficient (Wildman–Crippen LogP) is 2.88. The number of carbonyl (C=O) groups is 1. The van der Waals surface area contributed by atoms with Gasteiger partial charge in [0.2, 0.25) is 5.60 Å². The highest BCUT2D eigenvalue weighted by molar-refractivity contribution is 5.95. The minimum atomic E-state index is -4.85. The molecule has 10 heteroatoms. The highest BCUT2D eigenvalue weighted by atomic mass is 19.4. The van der Waals surface area contributed by atoms with E-state index in [-0.39, 0.29) is 18.5 Å². The van der Waals surface area contributed by atoms with Crippen LogP contribution in [0.1, 0.15) is 48.8 Å². The predicted molar refractivity (Wildman–Crippen MR) is 99.4 cm³/mol. The van der Waals surface area contributed by atoms with E-state index >= 15 is 0 Å². The zero-order valence-electron chi connectivity index (χ0n) is 16.2. The number of pyridine rings is 1. The molecule has 0 saturated heterocycles. The van der Waals surface area contributed by atoms with E-state index in [1.54, 1.807) is 35.0 Å². The lowest BCUT2D eigenvalue weighted by molar-refractivity contribution is -0.269. The number of rotatable bonds is 6. The molecule has 0 radical (unpaired) electrons. The molecule has 0 aliphatic heterocycles. The van der Waals surface area contributed by atoms with Crippen molar-refractivity contribution in [2.75, 3.05) is 0 Å². The van der Waals surface area contributed by atoms with Gasteiger partial charge < -0.3 is 14.8 Å². The number of hydrogen-bond acceptors (Lipinski definition) is 4. The normalized spacial score (nSPS) is 14.3. The molecule has 0 aliphatic carbocycles. The maximum absolute atomic E-state index is 13.2. The molecular formula is C19H22F3N5O2. The Balaban J connectivity index is 1.82. The number of hydrogen-bond donors (Lipinski definition) is 2. The van der Waals surface area contributed by atoms with E-state index in [0.717, 1.165) is 17.3 Å².